The van der Waals surface area contributed by atoms with Crippen LogP contribution in [-0.4, -0.2) is 82.2 Å². The molecule has 0 spiro atoms. The Balaban J connectivity index is 1.49. The van der Waals surface area contributed by atoms with E-state index in [-0.39, 0.29) is 0 Å². The van der Waals surface area contributed by atoms with Gasteiger partial charge in [0.1, 0.15) is 11.6 Å². The monoisotopic (exact) mass is 376 g/mol. The van der Waals surface area contributed by atoms with E-state index in [1.54, 1.807) is 0 Å². The van der Waals surface area contributed by atoms with Crippen molar-refractivity contribution in [3.05, 3.63) is 11.6 Å². The number of hydrogen-bond donors (Lipinski definition) is 0. The van der Waals surface area contributed by atoms with Gasteiger partial charge in [0.25, 0.3) is 0 Å². The fraction of sp³-hybridized carbons (Fsp3) is 0.850. The summed E-state index contributed by atoms with van der Waals surface area (Å²) in [7, 11) is 6.16. The van der Waals surface area contributed by atoms with Gasteiger partial charge in [-0.1, -0.05) is 19.3 Å². The molecule has 2 saturated heterocycles. The quantitative estimate of drug-likeness (QED) is 0.785. The van der Waals surface area contributed by atoms with E-state index < -0.39 is 0 Å². The van der Waals surface area contributed by atoms with Crippen LogP contribution in [0.25, 0.3) is 0 Å². The van der Waals surface area contributed by atoms with Crippen molar-refractivity contribution < 1.29 is 4.79 Å². The molecule has 2 aliphatic rings. The van der Waals surface area contributed by atoms with Gasteiger partial charge in [-0.15, -0.1) is 10.2 Å². The average Bonchev–Trinajstić information content (AvgIpc) is 2.97. The molecular formula is C20H36N6O. The highest BCUT2D eigenvalue weighted by molar-refractivity contribution is 5.78. The van der Waals surface area contributed by atoms with Crippen LogP contribution < -0.4 is 0 Å². The first-order valence-electron chi connectivity index (χ1n) is 10.6. The topological polar surface area (TPSA) is 57.5 Å². The largest absolute Gasteiger partial charge is 0.342 e. The number of amides is 1. The zero-order valence-electron chi connectivity index (χ0n) is 17.4. The summed E-state index contributed by atoms with van der Waals surface area (Å²) < 4.78 is 2.14. The van der Waals surface area contributed by atoms with E-state index in [0.29, 0.717) is 18.4 Å². The first kappa shape index (κ1) is 20.3. The van der Waals surface area contributed by atoms with Crippen molar-refractivity contribution in [2.75, 3.05) is 46.8 Å². The lowest BCUT2D eigenvalue weighted by molar-refractivity contribution is -0.133. The number of carbonyl (C=O) groups excluding carboxylic acids is 1. The minimum absolute atomic E-state index is 0.306. The molecule has 1 aromatic heterocycles. The van der Waals surface area contributed by atoms with Gasteiger partial charge in [0.15, 0.2) is 0 Å². The van der Waals surface area contributed by atoms with Crippen molar-refractivity contribution in [2.45, 2.75) is 57.4 Å². The standard InChI is InChI=1S/C20H36N6O/c1-23(2)15-18-21-22-20(24(18)3)17-9-13-26(14-10-17)19(27)16-25-11-7-5-4-6-8-12-25/h17H,4-16H2,1-3H3. The highest BCUT2D eigenvalue weighted by atomic mass is 16.2. The third-order valence-corrected chi connectivity index (χ3v) is 5.98. The van der Waals surface area contributed by atoms with Crippen molar-refractivity contribution in [1.82, 2.24) is 29.5 Å². The van der Waals surface area contributed by atoms with Gasteiger partial charge in [-0.25, -0.2) is 0 Å². The molecular weight excluding hydrogens is 340 g/mol. The Morgan fingerprint density at radius 3 is 2.26 bits per heavy atom. The number of carbonyl (C=O) groups is 1. The van der Waals surface area contributed by atoms with E-state index in [0.717, 1.165) is 57.2 Å². The molecule has 0 saturated carbocycles. The molecule has 0 aromatic carbocycles. The van der Waals surface area contributed by atoms with Crippen LogP contribution in [-0.2, 0) is 18.4 Å². The summed E-state index contributed by atoms with van der Waals surface area (Å²) in [6, 6.07) is 0. The lowest BCUT2D eigenvalue weighted by atomic mass is 9.96. The lowest BCUT2D eigenvalue weighted by Crippen LogP contribution is -2.44. The van der Waals surface area contributed by atoms with Crippen LogP contribution in [0.1, 0.15) is 62.5 Å². The van der Waals surface area contributed by atoms with Crippen LogP contribution in [0, 0.1) is 0 Å². The van der Waals surface area contributed by atoms with Crippen LogP contribution >= 0.6 is 0 Å². The van der Waals surface area contributed by atoms with Crippen LogP contribution in [0.5, 0.6) is 0 Å². The number of likely N-dealkylation sites (tertiary alicyclic amines) is 2. The van der Waals surface area contributed by atoms with E-state index in [9.17, 15) is 4.79 Å². The molecule has 27 heavy (non-hydrogen) atoms. The molecule has 3 heterocycles. The van der Waals surface area contributed by atoms with Gasteiger partial charge in [-0.2, -0.15) is 0 Å². The molecule has 2 fully saturated rings. The third-order valence-electron chi connectivity index (χ3n) is 5.98. The number of hydrogen-bond acceptors (Lipinski definition) is 5. The zero-order valence-corrected chi connectivity index (χ0v) is 17.4. The first-order valence-corrected chi connectivity index (χ1v) is 10.6. The van der Waals surface area contributed by atoms with Crippen LogP contribution in [0.4, 0.5) is 0 Å². The van der Waals surface area contributed by atoms with E-state index in [1.807, 2.05) is 14.1 Å². The van der Waals surface area contributed by atoms with E-state index in [4.69, 9.17) is 0 Å². The SMILES string of the molecule is CN(C)Cc1nnc(C2CCN(C(=O)CN3CCCCCCC3)CC2)n1C. The lowest BCUT2D eigenvalue weighted by Gasteiger charge is -2.33. The fourth-order valence-corrected chi connectivity index (χ4v) is 4.30. The second-order valence-corrected chi connectivity index (χ2v) is 8.47. The normalized spacial score (nSPS) is 20.7. The molecule has 1 amide bonds. The molecule has 2 aliphatic heterocycles. The Labute approximate surface area is 163 Å². The predicted molar refractivity (Wildman–Crippen MR) is 106 cm³/mol. The summed E-state index contributed by atoms with van der Waals surface area (Å²) in [5.41, 5.74) is 0. The molecule has 0 bridgehead atoms. The van der Waals surface area contributed by atoms with Gasteiger partial charge < -0.3 is 14.4 Å². The number of nitrogens with zero attached hydrogens (tertiary/aromatic N) is 6. The van der Waals surface area contributed by atoms with Crippen LogP contribution in [0.15, 0.2) is 0 Å². The van der Waals surface area contributed by atoms with E-state index in [2.05, 4.69) is 36.5 Å². The number of piperidine rings is 1. The minimum atomic E-state index is 0.306. The van der Waals surface area contributed by atoms with E-state index >= 15 is 0 Å². The summed E-state index contributed by atoms with van der Waals surface area (Å²) in [6.45, 7) is 5.24. The molecule has 7 heteroatoms. The van der Waals surface area contributed by atoms with Crippen LogP contribution in [0.2, 0.25) is 0 Å². The van der Waals surface area contributed by atoms with Crippen LogP contribution in [0.3, 0.4) is 0 Å². The maximum atomic E-state index is 12.7. The van der Waals surface area contributed by atoms with E-state index in [1.165, 1.54) is 32.1 Å². The Hall–Kier alpha value is -1.47. The average molecular weight is 377 g/mol. The van der Waals surface area contributed by atoms with Crippen molar-refractivity contribution in [3.63, 3.8) is 0 Å². The molecule has 0 aliphatic carbocycles. The molecule has 152 valence electrons. The summed E-state index contributed by atoms with van der Waals surface area (Å²) in [4.78, 5) is 19.3. The Kier molecular flexibility index (Phi) is 7.24. The number of aromatic nitrogens is 3. The Morgan fingerprint density at radius 2 is 1.63 bits per heavy atom. The van der Waals surface area contributed by atoms with Crippen molar-refractivity contribution in [1.29, 1.82) is 0 Å². The van der Waals surface area contributed by atoms with Gasteiger partial charge in [-0.05, 0) is 52.9 Å². The Morgan fingerprint density at radius 1 is 1.00 bits per heavy atom. The van der Waals surface area contributed by atoms with Crippen molar-refractivity contribution in [2.24, 2.45) is 7.05 Å². The smallest absolute Gasteiger partial charge is 0.236 e. The van der Waals surface area contributed by atoms with Gasteiger partial charge in [-0.3, -0.25) is 9.69 Å². The summed E-state index contributed by atoms with van der Waals surface area (Å²) >= 11 is 0. The highest BCUT2D eigenvalue weighted by Crippen LogP contribution is 2.27. The summed E-state index contributed by atoms with van der Waals surface area (Å²) in [6.07, 6.45) is 8.41. The van der Waals surface area contributed by atoms with Crippen molar-refractivity contribution >= 4 is 5.91 Å². The summed E-state index contributed by atoms with van der Waals surface area (Å²) in [5.74, 6) is 2.79. The minimum Gasteiger partial charge on any atom is -0.342 e. The molecule has 3 rings (SSSR count). The summed E-state index contributed by atoms with van der Waals surface area (Å²) in [5, 5.41) is 8.81. The number of rotatable bonds is 5. The maximum absolute atomic E-state index is 12.7. The molecule has 0 N–H and O–H groups in total. The maximum Gasteiger partial charge on any atom is 0.236 e. The molecule has 0 atom stereocenters. The second kappa shape index (κ2) is 9.64. The molecule has 7 nitrogen and oxygen atoms in total. The fourth-order valence-electron chi connectivity index (χ4n) is 4.30. The van der Waals surface area contributed by atoms with Crippen molar-refractivity contribution in [3.8, 4) is 0 Å². The second-order valence-electron chi connectivity index (χ2n) is 8.47. The van der Waals surface area contributed by atoms with Gasteiger partial charge in [0.2, 0.25) is 5.91 Å². The predicted octanol–water partition coefficient (Wildman–Crippen LogP) is 1.85. The highest BCUT2D eigenvalue weighted by Gasteiger charge is 2.28. The third kappa shape index (κ3) is 5.51. The van der Waals surface area contributed by atoms with Gasteiger partial charge in [0, 0.05) is 26.1 Å². The molecule has 0 unspecified atom stereocenters. The first-order chi connectivity index (χ1) is 13.0. The molecule has 1 aromatic rings. The Bertz CT molecular complexity index is 598. The zero-order chi connectivity index (χ0) is 19.2. The molecule has 0 radical (unpaired) electrons. The van der Waals surface area contributed by atoms with Gasteiger partial charge in [0.05, 0.1) is 13.1 Å². The van der Waals surface area contributed by atoms with Gasteiger partial charge >= 0.3 is 0 Å².